The van der Waals surface area contributed by atoms with E-state index in [0.29, 0.717) is 12.1 Å². The first-order valence-corrected chi connectivity index (χ1v) is 5.65. The Kier molecular flexibility index (Phi) is 3.33. The third-order valence-corrected chi connectivity index (χ3v) is 2.87. The summed E-state index contributed by atoms with van der Waals surface area (Å²) >= 11 is 0. The van der Waals surface area contributed by atoms with Gasteiger partial charge in [-0.05, 0) is 18.2 Å². The van der Waals surface area contributed by atoms with Gasteiger partial charge in [0.2, 0.25) is 0 Å². The molecule has 0 heterocycles. The molecule has 94 valence electrons. The van der Waals surface area contributed by atoms with Gasteiger partial charge in [-0.2, -0.15) is 13.2 Å². The average molecular weight is 270 g/mol. The number of benzene rings is 1. The van der Waals surface area contributed by atoms with Crippen LogP contribution in [0.15, 0.2) is 18.2 Å². The largest absolute Gasteiger partial charge is 0.478 e. The quantitative estimate of drug-likeness (QED) is 0.702. The summed E-state index contributed by atoms with van der Waals surface area (Å²) in [6.45, 7) is 0. The van der Waals surface area contributed by atoms with Gasteiger partial charge in [0.1, 0.15) is 0 Å². The molecule has 0 radical (unpaired) electrons. The molecular formula is C8H6F3O5P. The van der Waals surface area contributed by atoms with Crippen molar-refractivity contribution < 1.29 is 37.4 Å². The van der Waals surface area contributed by atoms with E-state index in [2.05, 4.69) is 0 Å². The normalized spacial score (nSPS) is 12.5. The monoisotopic (exact) mass is 270 g/mol. The number of halogens is 3. The molecular weight excluding hydrogens is 264 g/mol. The van der Waals surface area contributed by atoms with E-state index < -0.39 is 36.2 Å². The van der Waals surface area contributed by atoms with Gasteiger partial charge in [0.25, 0.3) is 0 Å². The molecule has 0 saturated carbocycles. The molecule has 0 aliphatic rings. The Morgan fingerprint density at radius 3 is 2.12 bits per heavy atom. The SMILES string of the molecule is O=C(O)c1ccc(C(F)(F)F)cc1P(=O)(O)O. The summed E-state index contributed by atoms with van der Waals surface area (Å²) in [5.41, 5.74) is -2.17. The van der Waals surface area contributed by atoms with Crippen LogP contribution in [0.1, 0.15) is 15.9 Å². The number of carboxylic acid groups (broad SMARTS) is 1. The summed E-state index contributed by atoms with van der Waals surface area (Å²) in [5.74, 6) is -1.71. The third kappa shape index (κ3) is 3.06. The fourth-order valence-electron chi connectivity index (χ4n) is 1.13. The van der Waals surface area contributed by atoms with Crippen molar-refractivity contribution in [2.24, 2.45) is 0 Å². The molecule has 0 saturated heterocycles. The van der Waals surface area contributed by atoms with Gasteiger partial charge in [-0.3, -0.25) is 4.57 Å². The molecule has 1 rings (SSSR count). The van der Waals surface area contributed by atoms with Crippen molar-refractivity contribution in [3.8, 4) is 0 Å². The zero-order valence-corrected chi connectivity index (χ0v) is 8.87. The van der Waals surface area contributed by atoms with E-state index in [0.717, 1.165) is 0 Å². The highest BCUT2D eigenvalue weighted by Gasteiger charge is 2.34. The third-order valence-electron chi connectivity index (χ3n) is 1.87. The van der Waals surface area contributed by atoms with Crippen molar-refractivity contribution in [3.05, 3.63) is 29.3 Å². The molecule has 1 aromatic carbocycles. The molecule has 17 heavy (non-hydrogen) atoms. The van der Waals surface area contributed by atoms with Crippen LogP contribution in [-0.4, -0.2) is 20.9 Å². The molecule has 0 aliphatic heterocycles. The second kappa shape index (κ2) is 4.14. The Bertz CT molecular complexity index is 504. The minimum atomic E-state index is -5.09. The highest BCUT2D eigenvalue weighted by Crippen LogP contribution is 2.37. The van der Waals surface area contributed by atoms with Gasteiger partial charge in [-0.25, -0.2) is 4.79 Å². The van der Waals surface area contributed by atoms with Crippen LogP contribution in [0.5, 0.6) is 0 Å². The molecule has 0 aromatic heterocycles. The summed E-state index contributed by atoms with van der Waals surface area (Å²) in [5, 5.41) is 7.45. The Morgan fingerprint density at radius 1 is 1.24 bits per heavy atom. The van der Waals surface area contributed by atoms with Gasteiger partial charge in [-0.1, -0.05) is 0 Å². The van der Waals surface area contributed by atoms with Gasteiger partial charge in [0.15, 0.2) is 0 Å². The summed E-state index contributed by atoms with van der Waals surface area (Å²) < 4.78 is 47.8. The topological polar surface area (TPSA) is 94.8 Å². The predicted molar refractivity (Wildman–Crippen MR) is 50.1 cm³/mol. The molecule has 0 aliphatic carbocycles. The molecule has 1 aromatic rings. The van der Waals surface area contributed by atoms with Gasteiger partial charge < -0.3 is 14.9 Å². The molecule has 0 amide bonds. The number of hydrogen-bond donors (Lipinski definition) is 3. The van der Waals surface area contributed by atoms with Crippen LogP contribution in [-0.2, 0) is 10.7 Å². The van der Waals surface area contributed by atoms with Crippen molar-refractivity contribution in [2.45, 2.75) is 6.18 Å². The van der Waals surface area contributed by atoms with E-state index in [4.69, 9.17) is 14.9 Å². The highest BCUT2D eigenvalue weighted by molar-refractivity contribution is 7.60. The van der Waals surface area contributed by atoms with Crippen molar-refractivity contribution in [1.29, 1.82) is 0 Å². The van der Waals surface area contributed by atoms with Crippen LogP contribution in [0.4, 0.5) is 13.2 Å². The van der Waals surface area contributed by atoms with Crippen LogP contribution in [0, 0.1) is 0 Å². The summed E-state index contributed by atoms with van der Waals surface area (Å²) in [7, 11) is -5.09. The fraction of sp³-hybridized carbons (Fsp3) is 0.125. The maximum absolute atomic E-state index is 12.3. The minimum Gasteiger partial charge on any atom is -0.478 e. The molecule has 5 nitrogen and oxygen atoms in total. The maximum atomic E-state index is 12.3. The van der Waals surface area contributed by atoms with Crippen molar-refractivity contribution >= 4 is 18.9 Å². The standard InChI is InChI=1S/C8H6F3O5P/c9-8(10,11)4-1-2-5(7(12)13)6(3-4)17(14,15)16/h1-3H,(H,12,13)(H2,14,15,16). The van der Waals surface area contributed by atoms with E-state index in [-0.39, 0.29) is 6.07 Å². The second-order valence-electron chi connectivity index (χ2n) is 3.08. The fourth-order valence-corrected chi connectivity index (χ4v) is 1.92. The van der Waals surface area contributed by atoms with Crippen molar-refractivity contribution in [2.75, 3.05) is 0 Å². The van der Waals surface area contributed by atoms with Crippen LogP contribution in [0.3, 0.4) is 0 Å². The minimum absolute atomic E-state index is 0.143. The Balaban J connectivity index is 3.51. The lowest BCUT2D eigenvalue weighted by molar-refractivity contribution is -0.137. The molecule has 0 fully saturated rings. The first-order valence-electron chi connectivity index (χ1n) is 4.04. The van der Waals surface area contributed by atoms with Gasteiger partial charge in [0.05, 0.1) is 16.4 Å². The molecule has 9 heteroatoms. The number of carboxylic acids is 1. The van der Waals surface area contributed by atoms with Gasteiger partial charge >= 0.3 is 19.7 Å². The van der Waals surface area contributed by atoms with E-state index in [1.165, 1.54) is 0 Å². The summed E-state index contributed by atoms with van der Waals surface area (Å²) in [6, 6.07) is 1.10. The lowest BCUT2D eigenvalue weighted by atomic mass is 10.1. The number of hydrogen-bond acceptors (Lipinski definition) is 2. The molecule has 0 atom stereocenters. The smallest absolute Gasteiger partial charge is 0.416 e. The van der Waals surface area contributed by atoms with E-state index in [1.54, 1.807) is 0 Å². The molecule has 0 bridgehead atoms. The van der Waals surface area contributed by atoms with Gasteiger partial charge in [-0.15, -0.1) is 0 Å². The first-order chi connectivity index (χ1) is 7.53. The Hall–Kier alpha value is -1.37. The first kappa shape index (κ1) is 13.7. The number of alkyl halides is 3. The van der Waals surface area contributed by atoms with Crippen molar-refractivity contribution in [1.82, 2.24) is 0 Å². The molecule has 0 unspecified atom stereocenters. The van der Waals surface area contributed by atoms with Crippen LogP contribution < -0.4 is 5.30 Å². The Labute approximate surface area is 92.7 Å². The zero-order valence-electron chi connectivity index (χ0n) is 7.97. The highest BCUT2D eigenvalue weighted by atomic mass is 31.2. The van der Waals surface area contributed by atoms with Gasteiger partial charge in [0, 0.05) is 0 Å². The Morgan fingerprint density at radius 2 is 1.76 bits per heavy atom. The number of aromatic carboxylic acids is 1. The van der Waals surface area contributed by atoms with E-state index in [9.17, 15) is 22.5 Å². The lowest BCUT2D eigenvalue weighted by Crippen LogP contribution is -2.19. The van der Waals surface area contributed by atoms with Crippen molar-refractivity contribution in [3.63, 3.8) is 0 Å². The second-order valence-corrected chi connectivity index (χ2v) is 4.65. The maximum Gasteiger partial charge on any atom is 0.416 e. The van der Waals surface area contributed by atoms with E-state index in [1.807, 2.05) is 0 Å². The predicted octanol–water partition coefficient (Wildman–Crippen LogP) is 1.21. The van der Waals surface area contributed by atoms with E-state index >= 15 is 0 Å². The average Bonchev–Trinajstić information content (AvgIpc) is 2.14. The molecule has 3 N–H and O–H groups in total. The number of rotatable bonds is 2. The number of carbonyl (C=O) groups is 1. The summed E-state index contributed by atoms with van der Waals surface area (Å²) in [6.07, 6.45) is -4.80. The van der Waals surface area contributed by atoms with Crippen LogP contribution in [0.25, 0.3) is 0 Å². The zero-order chi connectivity index (χ0) is 13.4. The van der Waals surface area contributed by atoms with Crippen LogP contribution >= 0.6 is 7.60 Å². The summed E-state index contributed by atoms with van der Waals surface area (Å²) in [4.78, 5) is 28.2. The molecule has 0 spiro atoms. The van der Waals surface area contributed by atoms with Crippen LogP contribution in [0.2, 0.25) is 0 Å². The lowest BCUT2D eigenvalue weighted by Gasteiger charge is -2.12.